The predicted molar refractivity (Wildman–Crippen MR) is 70.3 cm³/mol. The van der Waals surface area contributed by atoms with Crippen molar-refractivity contribution in [2.45, 2.75) is 13.1 Å². The Morgan fingerprint density at radius 3 is 2.65 bits per heavy atom. The summed E-state index contributed by atoms with van der Waals surface area (Å²) in [6.45, 7) is 1.11. The van der Waals surface area contributed by atoms with Crippen LogP contribution in [0.1, 0.15) is 11.1 Å². The molecule has 1 aliphatic rings. The summed E-state index contributed by atoms with van der Waals surface area (Å²) in [6, 6.07) is 7.16. The number of urea groups is 1. The molecule has 0 unspecified atom stereocenters. The average Bonchev–Trinajstić information content (AvgIpc) is 3.13. The van der Waals surface area contributed by atoms with Gasteiger partial charge in [0.05, 0.1) is 12.5 Å². The predicted octanol–water partition coefficient (Wildman–Crippen LogP) is 2.01. The molecule has 0 bridgehead atoms. The number of hydrogen-bond acceptors (Lipinski definition) is 4. The van der Waals surface area contributed by atoms with Crippen LogP contribution in [0.3, 0.4) is 0 Å². The molecule has 0 spiro atoms. The second-order valence-corrected chi connectivity index (χ2v) is 4.36. The van der Waals surface area contributed by atoms with Crippen LogP contribution in [0.4, 0.5) is 4.79 Å². The van der Waals surface area contributed by atoms with Crippen LogP contribution in [-0.2, 0) is 13.1 Å². The van der Waals surface area contributed by atoms with E-state index in [2.05, 4.69) is 10.6 Å². The van der Waals surface area contributed by atoms with E-state index in [9.17, 15) is 4.79 Å². The second-order valence-electron chi connectivity index (χ2n) is 4.36. The van der Waals surface area contributed by atoms with Gasteiger partial charge in [-0.3, -0.25) is 0 Å². The number of rotatable bonds is 4. The van der Waals surface area contributed by atoms with E-state index in [0.717, 1.165) is 16.9 Å². The molecule has 2 heterocycles. The first-order chi connectivity index (χ1) is 9.81. The third-order valence-electron chi connectivity index (χ3n) is 2.92. The van der Waals surface area contributed by atoms with Gasteiger partial charge in [0.1, 0.15) is 0 Å². The van der Waals surface area contributed by atoms with E-state index in [-0.39, 0.29) is 12.8 Å². The zero-order chi connectivity index (χ0) is 13.8. The molecule has 1 aliphatic heterocycles. The molecule has 1 aromatic heterocycles. The molecule has 20 heavy (non-hydrogen) atoms. The number of benzene rings is 1. The highest BCUT2D eigenvalue weighted by Gasteiger charge is 2.13. The monoisotopic (exact) mass is 274 g/mol. The Balaban J connectivity index is 1.48. The van der Waals surface area contributed by atoms with Crippen LogP contribution in [0.2, 0.25) is 0 Å². The minimum absolute atomic E-state index is 0.233. The number of amides is 2. The molecule has 1 aromatic carbocycles. The number of ether oxygens (including phenoxy) is 2. The van der Waals surface area contributed by atoms with Crippen LogP contribution in [0.15, 0.2) is 41.2 Å². The number of fused-ring (bicyclic) bond motifs is 1. The topological polar surface area (TPSA) is 72.7 Å². The fourth-order valence-corrected chi connectivity index (χ4v) is 1.87. The van der Waals surface area contributed by atoms with E-state index in [0.29, 0.717) is 18.8 Å². The number of hydrogen-bond donors (Lipinski definition) is 2. The van der Waals surface area contributed by atoms with E-state index < -0.39 is 0 Å². The molecule has 0 saturated heterocycles. The van der Waals surface area contributed by atoms with Gasteiger partial charge in [-0.05, 0) is 23.8 Å². The van der Waals surface area contributed by atoms with Crippen LogP contribution >= 0.6 is 0 Å². The van der Waals surface area contributed by atoms with Gasteiger partial charge in [0.25, 0.3) is 0 Å². The number of nitrogens with one attached hydrogen (secondary N) is 2. The van der Waals surface area contributed by atoms with Crippen molar-refractivity contribution in [3.8, 4) is 11.5 Å². The van der Waals surface area contributed by atoms with Crippen LogP contribution in [-0.4, -0.2) is 12.8 Å². The average molecular weight is 274 g/mol. The molecule has 0 radical (unpaired) electrons. The molecule has 0 atom stereocenters. The fraction of sp³-hybridized carbons (Fsp3) is 0.214. The molecular weight excluding hydrogens is 260 g/mol. The highest BCUT2D eigenvalue weighted by molar-refractivity contribution is 5.73. The Kier molecular flexibility index (Phi) is 3.45. The van der Waals surface area contributed by atoms with Crippen molar-refractivity contribution in [2.24, 2.45) is 0 Å². The molecule has 0 aliphatic carbocycles. The van der Waals surface area contributed by atoms with E-state index in [1.165, 1.54) is 0 Å². The van der Waals surface area contributed by atoms with Gasteiger partial charge in [-0.15, -0.1) is 0 Å². The van der Waals surface area contributed by atoms with Crippen molar-refractivity contribution in [1.29, 1.82) is 0 Å². The molecule has 6 nitrogen and oxygen atoms in total. The Morgan fingerprint density at radius 2 is 1.85 bits per heavy atom. The summed E-state index contributed by atoms with van der Waals surface area (Å²) < 4.78 is 15.4. The minimum atomic E-state index is -0.233. The molecule has 2 amide bonds. The molecular formula is C14H14N2O4. The van der Waals surface area contributed by atoms with Gasteiger partial charge in [0.15, 0.2) is 11.5 Å². The Labute approximate surface area is 115 Å². The SMILES string of the molecule is O=C(NCc1ccoc1)NCc1ccc2c(c1)OCO2. The second kappa shape index (κ2) is 5.56. The lowest BCUT2D eigenvalue weighted by Crippen LogP contribution is -2.34. The summed E-state index contributed by atoms with van der Waals surface area (Å²) in [5.41, 5.74) is 1.87. The van der Waals surface area contributed by atoms with Gasteiger partial charge >= 0.3 is 6.03 Å². The summed E-state index contributed by atoms with van der Waals surface area (Å²) in [5, 5.41) is 5.52. The summed E-state index contributed by atoms with van der Waals surface area (Å²) in [7, 11) is 0. The number of furan rings is 1. The first kappa shape index (κ1) is 12.4. The lowest BCUT2D eigenvalue weighted by Gasteiger charge is -2.07. The molecule has 104 valence electrons. The minimum Gasteiger partial charge on any atom is -0.472 e. The van der Waals surface area contributed by atoms with Crippen molar-refractivity contribution in [2.75, 3.05) is 6.79 Å². The lowest BCUT2D eigenvalue weighted by molar-refractivity contribution is 0.174. The van der Waals surface area contributed by atoms with Crippen molar-refractivity contribution >= 4 is 6.03 Å². The third-order valence-corrected chi connectivity index (χ3v) is 2.92. The van der Waals surface area contributed by atoms with Crippen LogP contribution in [0, 0.1) is 0 Å². The van der Waals surface area contributed by atoms with Gasteiger partial charge in [-0.25, -0.2) is 4.79 Å². The first-order valence-electron chi connectivity index (χ1n) is 6.22. The van der Waals surface area contributed by atoms with Crippen molar-refractivity contribution in [3.63, 3.8) is 0 Å². The van der Waals surface area contributed by atoms with Gasteiger partial charge in [0, 0.05) is 18.7 Å². The Hall–Kier alpha value is -2.63. The maximum absolute atomic E-state index is 11.6. The highest BCUT2D eigenvalue weighted by atomic mass is 16.7. The molecule has 0 saturated carbocycles. The highest BCUT2D eigenvalue weighted by Crippen LogP contribution is 2.32. The van der Waals surface area contributed by atoms with E-state index in [1.54, 1.807) is 18.6 Å². The lowest BCUT2D eigenvalue weighted by atomic mass is 10.2. The molecule has 6 heteroatoms. The smallest absolute Gasteiger partial charge is 0.315 e. The van der Waals surface area contributed by atoms with Crippen molar-refractivity contribution in [1.82, 2.24) is 10.6 Å². The third kappa shape index (κ3) is 2.85. The van der Waals surface area contributed by atoms with Gasteiger partial charge in [-0.2, -0.15) is 0 Å². The number of carbonyl (C=O) groups excluding carboxylic acids is 1. The molecule has 0 fully saturated rings. The van der Waals surface area contributed by atoms with Gasteiger partial charge in [0.2, 0.25) is 6.79 Å². The summed E-state index contributed by atoms with van der Waals surface area (Å²) in [4.78, 5) is 11.6. The van der Waals surface area contributed by atoms with Crippen molar-refractivity contribution in [3.05, 3.63) is 47.9 Å². The zero-order valence-corrected chi connectivity index (χ0v) is 10.7. The van der Waals surface area contributed by atoms with Gasteiger partial charge in [-0.1, -0.05) is 6.07 Å². The van der Waals surface area contributed by atoms with Crippen LogP contribution < -0.4 is 20.1 Å². The summed E-state index contributed by atoms with van der Waals surface area (Å²) >= 11 is 0. The van der Waals surface area contributed by atoms with E-state index >= 15 is 0 Å². The first-order valence-corrected chi connectivity index (χ1v) is 6.22. The maximum atomic E-state index is 11.6. The van der Waals surface area contributed by atoms with Gasteiger partial charge < -0.3 is 24.5 Å². The number of carbonyl (C=O) groups is 1. The molecule has 2 N–H and O–H groups in total. The summed E-state index contributed by atoms with van der Waals surface area (Å²) in [5.74, 6) is 1.45. The van der Waals surface area contributed by atoms with E-state index in [4.69, 9.17) is 13.9 Å². The Bertz CT molecular complexity index is 595. The maximum Gasteiger partial charge on any atom is 0.315 e. The van der Waals surface area contributed by atoms with E-state index in [1.807, 2.05) is 18.2 Å². The van der Waals surface area contributed by atoms with Crippen molar-refractivity contribution < 1.29 is 18.7 Å². The van der Waals surface area contributed by atoms with Crippen LogP contribution in [0.25, 0.3) is 0 Å². The molecule has 3 rings (SSSR count). The largest absolute Gasteiger partial charge is 0.472 e. The van der Waals surface area contributed by atoms with Crippen LogP contribution in [0.5, 0.6) is 11.5 Å². The summed E-state index contributed by atoms with van der Waals surface area (Å²) in [6.07, 6.45) is 3.17. The quantitative estimate of drug-likeness (QED) is 0.894. The fourth-order valence-electron chi connectivity index (χ4n) is 1.87. The Morgan fingerprint density at radius 1 is 1.05 bits per heavy atom. The zero-order valence-electron chi connectivity index (χ0n) is 10.7. The normalized spacial score (nSPS) is 12.2. The molecule has 2 aromatic rings. The standard InChI is InChI=1S/C14H14N2O4/c17-14(16-7-11-3-4-18-8-11)15-6-10-1-2-12-13(5-10)20-9-19-12/h1-5,8H,6-7,9H2,(H2,15,16,17).